The summed E-state index contributed by atoms with van der Waals surface area (Å²) in [6.07, 6.45) is 2.86. The fourth-order valence-corrected chi connectivity index (χ4v) is 1.01. The van der Waals surface area contributed by atoms with Gasteiger partial charge in [-0.15, -0.1) is 5.10 Å². The Bertz CT molecular complexity index is 236. The van der Waals surface area contributed by atoms with Crippen LogP contribution in [-0.2, 0) is 13.1 Å². The predicted molar refractivity (Wildman–Crippen MR) is 48.0 cm³/mol. The van der Waals surface area contributed by atoms with Gasteiger partial charge in [0, 0.05) is 12.7 Å². The molecule has 13 heavy (non-hydrogen) atoms. The Morgan fingerprint density at radius 1 is 1.62 bits per heavy atom. The van der Waals surface area contributed by atoms with Gasteiger partial charge in [-0.25, -0.2) is 9.07 Å². The van der Waals surface area contributed by atoms with E-state index in [-0.39, 0.29) is 0 Å². The summed E-state index contributed by atoms with van der Waals surface area (Å²) in [6, 6.07) is 0. The maximum absolute atomic E-state index is 11.9. The van der Waals surface area contributed by atoms with Crippen molar-refractivity contribution in [3.8, 4) is 0 Å². The zero-order valence-corrected chi connectivity index (χ0v) is 7.83. The number of alkyl halides is 1. The van der Waals surface area contributed by atoms with E-state index in [4.69, 9.17) is 0 Å². The van der Waals surface area contributed by atoms with Gasteiger partial charge in [0.1, 0.15) is 6.67 Å². The molecule has 0 unspecified atom stereocenters. The fourth-order valence-electron chi connectivity index (χ4n) is 1.01. The van der Waals surface area contributed by atoms with Crippen molar-refractivity contribution in [3.05, 3.63) is 11.9 Å². The molecule has 1 heterocycles. The molecule has 1 aromatic heterocycles. The highest BCUT2D eigenvalue weighted by Gasteiger charge is 1.98. The number of halogens is 1. The van der Waals surface area contributed by atoms with Crippen LogP contribution < -0.4 is 5.32 Å². The molecule has 0 saturated carbocycles. The Kier molecular flexibility index (Phi) is 4.39. The van der Waals surface area contributed by atoms with Gasteiger partial charge in [-0.2, -0.15) is 0 Å². The van der Waals surface area contributed by atoms with Crippen molar-refractivity contribution in [2.75, 3.05) is 13.2 Å². The number of hydrogen-bond acceptors (Lipinski definition) is 3. The Morgan fingerprint density at radius 3 is 3.15 bits per heavy atom. The third-order valence-electron chi connectivity index (χ3n) is 1.63. The Hall–Kier alpha value is -0.970. The van der Waals surface area contributed by atoms with Gasteiger partial charge in [-0.1, -0.05) is 12.1 Å². The van der Waals surface area contributed by atoms with Crippen LogP contribution in [0.15, 0.2) is 6.20 Å². The van der Waals surface area contributed by atoms with Crippen molar-refractivity contribution < 1.29 is 4.39 Å². The molecule has 0 amide bonds. The van der Waals surface area contributed by atoms with Gasteiger partial charge < -0.3 is 5.32 Å². The number of aryl methyl sites for hydroxylation is 1. The molecule has 0 spiro atoms. The van der Waals surface area contributed by atoms with E-state index in [9.17, 15) is 4.39 Å². The molecule has 1 aromatic rings. The van der Waals surface area contributed by atoms with Crippen molar-refractivity contribution in [1.29, 1.82) is 0 Å². The van der Waals surface area contributed by atoms with E-state index in [0.29, 0.717) is 13.1 Å². The molecule has 0 saturated heterocycles. The largest absolute Gasteiger partial charge is 0.311 e. The number of nitrogens with one attached hydrogen (secondary N) is 1. The lowest BCUT2D eigenvalue weighted by molar-refractivity contribution is 0.422. The molecule has 4 nitrogen and oxygen atoms in total. The maximum Gasteiger partial charge on any atom is 0.109 e. The number of hydrogen-bond donors (Lipinski definition) is 1. The summed E-state index contributed by atoms with van der Waals surface area (Å²) in [7, 11) is 0. The van der Waals surface area contributed by atoms with E-state index < -0.39 is 6.67 Å². The highest BCUT2D eigenvalue weighted by atomic mass is 19.1. The first-order chi connectivity index (χ1) is 6.36. The van der Waals surface area contributed by atoms with Crippen molar-refractivity contribution in [2.45, 2.75) is 26.4 Å². The summed E-state index contributed by atoms with van der Waals surface area (Å²) in [5.74, 6) is 0. The summed E-state index contributed by atoms with van der Waals surface area (Å²) in [4.78, 5) is 0. The predicted octanol–water partition coefficient (Wildman–Crippen LogP) is 0.747. The Morgan fingerprint density at radius 2 is 2.46 bits per heavy atom. The molecule has 0 atom stereocenters. The molecule has 0 aliphatic heterocycles. The lowest BCUT2D eigenvalue weighted by Gasteiger charge is -1.97. The smallest absolute Gasteiger partial charge is 0.109 e. The van der Waals surface area contributed by atoms with Crippen molar-refractivity contribution in [2.24, 2.45) is 0 Å². The van der Waals surface area contributed by atoms with Crippen LogP contribution in [-0.4, -0.2) is 28.2 Å². The van der Waals surface area contributed by atoms with Gasteiger partial charge in [0.2, 0.25) is 0 Å². The highest BCUT2D eigenvalue weighted by Crippen LogP contribution is 1.92. The van der Waals surface area contributed by atoms with Gasteiger partial charge in [-0.3, -0.25) is 0 Å². The van der Waals surface area contributed by atoms with Gasteiger partial charge in [-0.05, 0) is 13.0 Å². The summed E-state index contributed by atoms with van der Waals surface area (Å²) in [5.41, 5.74) is 0.863. The molecule has 0 radical (unpaired) electrons. The van der Waals surface area contributed by atoms with E-state index >= 15 is 0 Å². The van der Waals surface area contributed by atoms with E-state index in [0.717, 1.165) is 18.7 Å². The van der Waals surface area contributed by atoms with E-state index in [1.54, 1.807) is 6.20 Å². The molecule has 0 bridgehead atoms. The van der Waals surface area contributed by atoms with Gasteiger partial charge in [0.05, 0.1) is 12.2 Å². The standard InChI is InChI=1S/C8H15FN4/c1-2-4-10-6-8-7-13(5-3-9)12-11-8/h7,10H,2-6H2,1H3. The number of nitrogens with zero attached hydrogens (tertiary/aromatic N) is 3. The molecule has 0 aromatic carbocycles. The van der Waals surface area contributed by atoms with Crippen LogP contribution in [0.25, 0.3) is 0 Å². The molecule has 0 fully saturated rings. The van der Waals surface area contributed by atoms with Gasteiger partial charge in [0.15, 0.2) is 0 Å². The lowest BCUT2D eigenvalue weighted by atomic mass is 10.4. The van der Waals surface area contributed by atoms with E-state index in [1.807, 2.05) is 0 Å². The van der Waals surface area contributed by atoms with Crippen LogP contribution in [0.4, 0.5) is 4.39 Å². The van der Waals surface area contributed by atoms with Crippen LogP contribution >= 0.6 is 0 Å². The Labute approximate surface area is 77.1 Å². The lowest BCUT2D eigenvalue weighted by Crippen LogP contribution is -2.13. The fraction of sp³-hybridized carbons (Fsp3) is 0.750. The third kappa shape index (κ3) is 3.50. The molecule has 0 aliphatic rings. The summed E-state index contributed by atoms with van der Waals surface area (Å²) in [5, 5.41) is 10.9. The molecule has 1 N–H and O–H groups in total. The average molecular weight is 186 g/mol. The van der Waals surface area contributed by atoms with Crippen molar-refractivity contribution >= 4 is 0 Å². The molecular weight excluding hydrogens is 171 g/mol. The van der Waals surface area contributed by atoms with Gasteiger partial charge in [0.25, 0.3) is 0 Å². The second kappa shape index (κ2) is 5.64. The maximum atomic E-state index is 11.9. The first-order valence-corrected chi connectivity index (χ1v) is 4.52. The highest BCUT2D eigenvalue weighted by molar-refractivity contribution is 4.91. The molecule has 5 heteroatoms. The average Bonchev–Trinajstić information content (AvgIpc) is 2.54. The molecule has 0 aliphatic carbocycles. The second-order valence-electron chi connectivity index (χ2n) is 2.84. The third-order valence-corrected chi connectivity index (χ3v) is 1.63. The second-order valence-corrected chi connectivity index (χ2v) is 2.84. The first kappa shape index (κ1) is 10.1. The molecular formula is C8H15FN4. The quantitative estimate of drug-likeness (QED) is 0.666. The Balaban J connectivity index is 2.31. The van der Waals surface area contributed by atoms with Crippen LogP contribution in [0.3, 0.4) is 0 Å². The number of aromatic nitrogens is 3. The summed E-state index contributed by atoms with van der Waals surface area (Å²) in [6.45, 7) is 3.68. The summed E-state index contributed by atoms with van der Waals surface area (Å²) < 4.78 is 13.4. The monoisotopic (exact) mass is 186 g/mol. The minimum atomic E-state index is -0.398. The minimum absolute atomic E-state index is 0.292. The van der Waals surface area contributed by atoms with E-state index in [1.165, 1.54) is 4.68 Å². The minimum Gasteiger partial charge on any atom is -0.311 e. The SMILES string of the molecule is CCCNCc1cn(CCF)nn1. The van der Waals surface area contributed by atoms with Crippen LogP contribution in [0, 0.1) is 0 Å². The van der Waals surface area contributed by atoms with Crippen molar-refractivity contribution in [3.63, 3.8) is 0 Å². The van der Waals surface area contributed by atoms with Crippen molar-refractivity contribution in [1.82, 2.24) is 20.3 Å². The molecule has 1 rings (SSSR count). The zero-order valence-electron chi connectivity index (χ0n) is 7.83. The first-order valence-electron chi connectivity index (χ1n) is 4.52. The number of rotatable bonds is 6. The normalized spacial score (nSPS) is 10.6. The van der Waals surface area contributed by atoms with Crippen LogP contribution in [0.2, 0.25) is 0 Å². The molecule has 74 valence electrons. The van der Waals surface area contributed by atoms with E-state index in [2.05, 4.69) is 22.6 Å². The van der Waals surface area contributed by atoms with Gasteiger partial charge >= 0.3 is 0 Å². The van der Waals surface area contributed by atoms with Crippen LogP contribution in [0.5, 0.6) is 0 Å². The van der Waals surface area contributed by atoms with Crippen LogP contribution in [0.1, 0.15) is 19.0 Å². The topological polar surface area (TPSA) is 42.7 Å². The zero-order chi connectivity index (χ0) is 9.52. The summed E-state index contributed by atoms with van der Waals surface area (Å²) >= 11 is 0.